The first kappa shape index (κ1) is 13.9. The zero-order valence-corrected chi connectivity index (χ0v) is 11.8. The Morgan fingerprint density at radius 1 is 1.47 bits per heavy atom. The third-order valence-electron chi connectivity index (χ3n) is 3.87. The Hall–Kier alpha value is -1.55. The Kier molecular flexibility index (Phi) is 4.43. The molecule has 1 aliphatic rings. The number of aryl methyl sites for hydroxylation is 1. The molecule has 0 aromatic heterocycles. The highest BCUT2D eigenvalue weighted by Gasteiger charge is 2.19. The van der Waals surface area contributed by atoms with E-state index in [9.17, 15) is 4.79 Å². The van der Waals surface area contributed by atoms with Crippen molar-refractivity contribution in [1.29, 1.82) is 0 Å². The van der Waals surface area contributed by atoms with Crippen LogP contribution >= 0.6 is 0 Å². The first-order valence-electron chi connectivity index (χ1n) is 6.92. The normalized spacial score (nSPS) is 20.2. The molecule has 0 saturated carbocycles. The van der Waals surface area contributed by atoms with Gasteiger partial charge in [-0.15, -0.1) is 0 Å². The van der Waals surface area contributed by atoms with Gasteiger partial charge in [-0.2, -0.15) is 0 Å². The molecule has 1 aromatic carbocycles. The van der Waals surface area contributed by atoms with Crippen LogP contribution in [0.5, 0.6) is 0 Å². The molecular formula is C15H23N3O. The SMILES string of the molecule is Cc1ccc(C(=O)NCC2CCCCN2C)c(N)c1. The number of nitrogens with two attached hydrogens (primary N) is 1. The molecule has 0 aliphatic carbocycles. The number of likely N-dealkylation sites (N-methyl/N-ethyl adjacent to an activating group) is 1. The van der Waals surface area contributed by atoms with Crippen LogP contribution in [0.4, 0.5) is 5.69 Å². The van der Waals surface area contributed by atoms with E-state index in [-0.39, 0.29) is 5.91 Å². The van der Waals surface area contributed by atoms with Gasteiger partial charge in [0.25, 0.3) is 5.91 Å². The summed E-state index contributed by atoms with van der Waals surface area (Å²) in [4.78, 5) is 14.4. The maximum Gasteiger partial charge on any atom is 0.253 e. The summed E-state index contributed by atoms with van der Waals surface area (Å²) in [5.41, 5.74) is 8.08. The quantitative estimate of drug-likeness (QED) is 0.816. The number of piperidine rings is 1. The number of nitrogens with one attached hydrogen (secondary N) is 1. The van der Waals surface area contributed by atoms with Gasteiger partial charge >= 0.3 is 0 Å². The van der Waals surface area contributed by atoms with Crippen LogP contribution in [0.3, 0.4) is 0 Å². The van der Waals surface area contributed by atoms with Crippen molar-refractivity contribution in [2.45, 2.75) is 32.2 Å². The van der Waals surface area contributed by atoms with Crippen LogP contribution in [0, 0.1) is 6.92 Å². The highest BCUT2D eigenvalue weighted by atomic mass is 16.1. The molecule has 104 valence electrons. The fourth-order valence-corrected chi connectivity index (χ4v) is 2.60. The Bertz CT molecular complexity index is 459. The lowest BCUT2D eigenvalue weighted by Gasteiger charge is -2.32. The van der Waals surface area contributed by atoms with Gasteiger partial charge in [-0.05, 0) is 51.1 Å². The maximum absolute atomic E-state index is 12.1. The molecule has 1 heterocycles. The number of amides is 1. The number of carbonyl (C=O) groups is 1. The summed E-state index contributed by atoms with van der Waals surface area (Å²) in [5.74, 6) is -0.0727. The van der Waals surface area contributed by atoms with Gasteiger partial charge in [-0.1, -0.05) is 12.5 Å². The van der Waals surface area contributed by atoms with E-state index in [1.807, 2.05) is 19.1 Å². The minimum absolute atomic E-state index is 0.0727. The van der Waals surface area contributed by atoms with E-state index in [1.165, 1.54) is 12.8 Å². The largest absolute Gasteiger partial charge is 0.398 e. The summed E-state index contributed by atoms with van der Waals surface area (Å²) >= 11 is 0. The van der Waals surface area contributed by atoms with E-state index in [0.717, 1.165) is 18.5 Å². The molecule has 0 bridgehead atoms. The van der Waals surface area contributed by atoms with Crippen LogP contribution < -0.4 is 11.1 Å². The van der Waals surface area contributed by atoms with Crippen molar-refractivity contribution in [3.63, 3.8) is 0 Å². The van der Waals surface area contributed by atoms with E-state index >= 15 is 0 Å². The number of anilines is 1. The van der Waals surface area contributed by atoms with Crippen molar-refractivity contribution in [3.8, 4) is 0 Å². The van der Waals surface area contributed by atoms with Crippen LogP contribution in [0.25, 0.3) is 0 Å². The second-order valence-electron chi connectivity index (χ2n) is 5.43. The van der Waals surface area contributed by atoms with Crippen molar-refractivity contribution in [2.24, 2.45) is 0 Å². The number of carbonyl (C=O) groups excluding carboxylic acids is 1. The summed E-state index contributed by atoms with van der Waals surface area (Å²) < 4.78 is 0. The lowest BCUT2D eigenvalue weighted by Crippen LogP contribution is -2.44. The van der Waals surface area contributed by atoms with Gasteiger partial charge in [0, 0.05) is 18.3 Å². The zero-order valence-electron chi connectivity index (χ0n) is 11.8. The van der Waals surface area contributed by atoms with Gasteiger partial charge < -0.3 is 16.0 Å². The lowest BCUT2D eigenvalue weighted by molar-refractivity contribution is 0.0929. The molecule has 1 fully saturated rings. The van der Waals surface area contributed by atoms with Gasteiger partial charge in [0.15, 0.2) is 0 Å². The van der Waals surface area contributed by atoms with Crippen LogP contribution in [0.15, 0.2) is 18.2 Å². The molecule has 19 heavy (non-hydrogen) atoms. The van der Waals surface area contributed by atoms with E-state index in [4.69, 9.17) is 5.73 Å². The molecule has 1 aliphatic heterocycles. The summed E-state index contributed by atoms with van der Waals surface area (Å²) in [6.45, 7) is 3.78. The Morgan fingerprint density at radius 2 is 2.26 bits per heavy atom. The first-order valence-corrected chi connectivity index (χ1v) is 6.92. The minimum Gasteiger partial charge on any atom is -0.398 e. The highest BCUT2D eigenvalue weighted by Crippen LogP contribution is 2.16. The number of hydrogen-bond donors (Lipinski definition) is 2. The molecule has 1 atom stereocenters. The van der Waals surface area contributed by atoms with E-state index in [0.29, 0.717) is 23.8 Å². The third kappa shape index (κ3) is 3.47. The number of nitrogens with zero attached hydrogens (tertiary/aromatic N) is 1. The molecule has 0 spiro atoms. The average molecular weight is 261 g/mol. The van der Waals surface area contributed by atoms with Crippen molar-refractivity contribution in [2.75, 3.05) is 25.9 Å². The van der Waals surface area contributed by atoms with Crippen LogP contribution in [-0.2, 0) is 0 Å². The molecule has 1 saturated heterocycles. The molecule has 2 rings (SSSR count). The number of hydrogen-bond acceptors (Lipinski definition) is 3. The van der Waals surface area contributed by atoms with Crippen LogP contribution in [0.2, 0.25) is 0 Å². The summed E-state index contributed by atoms with van der Waals surface area (Å²) in [6, 6.07) is 5.99. The Balaban J connectivity index is 1.93. The predicted octanol–water partition coefficient (Wildman–Crippen LogP) is 1.79. The molecule has 4 nitrogen and oxygen atoms in total. The lowest BCUT2D eigenvalue weighted by atomic mass is 10.0. The second kappa shape index (κ2) is 6.06. The number of likely N-dealkylation sites (tertiary alicyclic amines) is 1. The summed E-state index contributed by atoms with van der Waals surface area (Å²) in [6.07, 6.45) is 3.66. The van der Waals surface area contributed by atoms with E-state index in [1.54, 1.807) is 6.07 Å². The van der Waals surface area contributed by atoms with Crippen molar-refractivity contribution >= 4 is 11.6 Å². The predicted molar refractivity (Wildman–Crippen MR) is 78.2 cm³/mol. The highest BCUT2D eigenvalue weighted by molar-refractivity contribution is 5.99. The third-order valence-corrected chi connectivity index (χ3v) is 3.87. The average Bonchev–Trinajstić information content (AvgIpc) is 2.37. The molecule has 1 amide bonds. The standard InChI is InChI=1S/C15H23N3O/c1-11-6-7-13(14(16)9-11)15(19)17-10-12-5-3-4-8-18(12)2/h6-7,9,12H,3-5,8,10,16H2,1-2H3,(H,17,19). The molecule has 3 N–H and O–H groups in total. The number of nitrogen functional groups attached to an aromatic ring is 1. The minimum atomic E-state index is -0.0727. The molecule has 0 radical (unpaired) electrons. The molecule has 1 unspecified atom stereocenters. The van der Waals surface area contributed by atoms with Crippen molar-refractivity contribution in [3.05, 3.63) is 29.3 Å². The fourth-order valence-electron chi connectivity index (χ4n) is 2.60. The summed E-state index contributed by atoms with van der Waals surface area (Å²) in [7, 11) is 2.12. The molecule has 4 heteroatoms. The molecular weight excluding hydrogens is 238 g/mol. The maximum atomic E-state index is 12.1. The van der Waals surface area contributed by atoms with E-state index in [2.05, 4.69) is 17.3 Å². The van der Waals surface area contributed by atoms with Crippen LogP contribution in [0.1, 0.15) is 35.2 Å². The Morgan fingerprint density at radius 3 is 2.95 bits per heavy atom. The smallest absolute Gasteiger partial charge is 0.253 e. The fraction of sp³-hybridized carbons (Fsp3) is 0.533. The van der Waals surface area contributed by atoms with E-state index < -0.39 is 0 Å². The van der Waals surface area contributed by atoms with Crippen molar-refractivity contribution in [1.82, 2.24) is 10.2 Å². The van der Waals surface area contributed by atoms with Gasteiger partial charge in [-0.25, -0.2) is 0 Å². The van der Waals surface area contributed by atoms with Gasteiger partial charge in [0.2, 0.25) is 0 Å². The number of benzene rings is 1. The monoisotopic (exact) mass is 261 g/mol. The van der Waals surface area contributed by atoms with Crippen molar-refractivity contribution < 1.29 is 4.79 Å². The van der Waals surface area contributed by atoms with Gasteiger partial charge in [0.05, 0.1) is 5.56 Å². The topological polar surface area (TPSA) is 58.4 Å². The Labute approximate surface area is 115 Å². The van der Waals surface area contributed by atoms with Crippen LogP contribution in [-0.4, -0.2) is 37.0 Å². The van der Waals surface area contributed by atoms with Gasteiger partial charge in [0.1, 0.15) is 0 Å². The van der Waals surface area contributed by atoms with Gasteiger partial charge in [-0.3, -0.25) is 4.79 Å². The second-order valence-corrected chi connectivity index (χ2v) is 5.43. The summed E-state index contributed by atoms with van der Waals surface area (Å²) in [5, 5.41) is 3.00. The molecule has 1 aromatic rings. The zero-order chi connectivity index (χ0) is 13.8. The first-order chi connectivity index (χ1) is 9.08. The number of rotatable bonds is 3.